The van der Waals surface area contributed by atoms with Crippen molar-refractivity contribution in [2.24, 2.45) is 5.92 Å². The molecule has 1 saturated heterocycles. The van der Waals surface area contributed by atoms with E-state index in [2.05, 4.69) is 10.2 Å². The van der Waals surface area contributed by atoms with E-state index < -0.39 is 0 Å². The first-order chi connectivity index (χ1) is 14.6. The SMILES string of the molecule is O=C(Nc1ccc(F)cc1)[C@@H](C1CCCC1)N1CCN(C(=O)c2ccccc2)CC1. The van der Waals surface area contributed by atoms with Gasteiger partial charge in [-0.2, -0.15) is 0 Å². The normalized spacial score (nSPS) is 18.9. The van der Waals surface area contributed by atoms with E-state index in [9.17, 15) is 14.0 Å². The van der Waals surface area contributed by atoms with Crippen molar-refractivity contribution in [3.8, 4) is 0 Å². The summed E-state index contributed by atoms with van der Waals surface area (Å²) in [6.45, 7) is 2.58. The van der Waals surface area contributed by atoms with Gasteiger partial charge in [0, 0.05) is 37.4 Å². The highest BCUT2D eigenvalue weighted by molar-refractivity contribution is 5.95. The number of halogens is 1. The Balaban J connectivity index is 1.42. The molecule has 2 aromatic carbocycles. The third-order valence-corrected chi connectivity index (χ3v) is 6.24. The van der Waals surface area contributed by atoms with Crippen LogP contribution >= 0.6 is 0 Å². The molecular formula is C24H28FN3O2. The van der Waals surface area contributed by atoms with Crippen LogP contribution in [0, 0.1) is 11.7 Å². The summed E-state index contributed by atoms with van der Waals surface area (Å²) < 4.78 is 13.2. The van der Waals surface area contributed by atoms with Crippen LogP contribution in [0.15, 0.2) is 54.6 Å². The molecule has 0 radical (unpaired) electrons. The third kappa shape index (κ3) is 4.70. The van der Waals surface area contributed by atoms with Crippen LogP contribution in [-0.4, -0.2) is 53.8 Å². The number of carbonyl (C=O) groups excluding carboxylic acids is 2. The van der Waals surface area contributed by atoms with Crippen LogP contribution in [0.3, 0.4) is 0 Å². The van der Waals surface area contributed by atoms with Crippen LogP contribution in [0.25, 0.3) is 0 Å². The zero-order valence-electron chi connectivity index (χ0n) is 17.1. The smallest absolute Gasteiger partial charge is 0.253 e. The molecule has 0 spiro atoms. The summed E-state index contributed by atoms with van der Waals surface area (Å²) >= 11 is 0. The quantitative estimate of drug-likeness (QED) is 0.818. The van der Waals surface area contributed by atoms with Crippen molar-refractivity contribution in [1.29, 1.82) is 0 Å². The summed E-state index contributed by atoms with van der Waals surface area (Å²) in [4.78, 5) is 30.0. The van der Waals surface area contributed by atoms with Crippen LogP contribution in [-0.2, 0) is 4.79 Å². The molecule has 1 saturated carbocycles. The number of nitrogens with zero attached hydrogens (tertiary/aromatic N) is 2. The van der Waals surface area contributed by atoms with Gasteiger partial charge < -0.3 is 10.2 Å². The van der Waals surface area contributed by atoms with Crippen LogP contribution < -0.4 is 5.32 Å². The average Bonchev–Trinajstić information content (AvgIpc) is 3.30. The maximum atomic E-state index is 13.2. The number of anilines is 1. The second-order valence-corrected chi connectivity index (χ2v) is 8.18. The number of rotatable bonds is 5. The topological polar surface area (TPSA) is 52.7 Å². The van der Waals surface area contributed by atoms with Gasteiger partial charge in [0.25, 0.3) is 5.91 Å². The van der Waals surface area contributed by atoms with Crippen molar-refractivity contribution in [2.45, 2.75) is 31.7 Å². The molecule has 1 atom stereocenters. The highest BCUT2D eigenvalue weighted by Gasteiger charge is 2.37. The standard InChI is InChI=1S/C24H28FN3O2/c25-20-10-12-21(13-11-20)26-23(29)22(18-6-4-5-7-18)27-14-16-28(17-15-27)24(30)19-8-2-1-3-9-19/h1-3,8-13,18,22H,4-7,14-17H2,(H,26,29)/t22-/m1/s1. The van der Waals surface area contributed by atoms with Crippen LogP contribution in [0.4, 0.5) is 10.1 Å². The van der Waals surface area contributed by atoms with Crippen molar-refractivity contribution in [2.75, 3.05) is 31.5 Å². The Bertz CT molecular complexity index is 858. The highest BCUT2D eigenvalue weighted by Crippen LogP contribution is 2.31. The summed E-state index contributed by atoms with van der Waals surface area (Å²) in [5.74, 6) is 0.0149. The van der Waals surface area contributed by atoms with E-state index in [0.29, 0.717) is 43.3 Å². The fourth-order valence-electron chi connectivity index (χ4n) is 4.67. The second kappa shape index (κ2) is 9.39. The zero-order chi connectivity index (χ0) is 20.9. The second-order valence-electron chi connectivity index (χ2n) is 8.18. The first-order valence-corrected chi connectivity index (χ1v) is 10.8. The minimum absolute atomic E-state index is 0.0312. The molecule has 0 aromatic heterocycles. The van der Waals surface area contributed by atoms with Crippen molar-refractivity contribution < 1.29 is 14.0 Å². The fourth-order valence-corrected chi connectivity index (χ4v) is 4.67. The van der Waals surface area contributed by atoms with Gasteiger partial charge in [-0.05, 0) is 55.2 Å². The number of carbonyl (C=O) groups is 2. The number of hydrogen-bond donors (Lipinski definition) is 1. The third-order valence-electron chi connectivity index (χ3n) is 6.24. The molecule has 2 aliphatic rings. The Hall–Kier alpha value is -2.73. The van der Waals surface area contributed by atoms with E-state index >= 15 is 0 Å². The van der Waals surface area contributed by atoms with Gasteiger partial charge >= 0.3 is 0 Å². The van der Waals surface area contributed by atoms with Crippen molar-refractivity contribution in [3.05, 3.63) is 66.0 Å². The van der Waals surface area contributed by atoms with Gasteiger partial charge in [-0.3, -0.25) is 14.5 Å². The van der Waals surface area contributed by atoms with Gasteiger partial charge in [-0.1, -0.05) is 31.0 Å². The highest BCUT2D eigenvalue weighted by atomic mass is 19.1. The molecule has 0 bridgehead atoms. The number of benzene rings is 2. The van der Waals surface area contributed by atoms with Gasteiger partial charge in [0.05, 0.1) is 6.04 Å². The maximum Gasteiger partial charge on any atom is 0.253 e. The lowest BCUT2D eigenvalue weighted by Gasteiger charge is -2.40. The number of nitrogens with one attached hydrogen (secondary N) is 1. The minimum Gasteiger partial charge on any atom is -0.336 e. The molecule has 158 valence electrons. The van der Waals surface area contributed by atoms with Gasteiger partial charge in [0.1, 0.15) is 5.82 Å². The van der Waals surface area contributed by atoms with Crippen molar-refractivity contribution in [3.63, 3.8) is 0 Å². The van der Waals surface area contributed by atoms with E-state index in [4.69, 9.17) is 0 Å². The van der Waals surface area contributed by atoms with Gasteiger partial charge in [0.2, 0.25) is 5.91 Å². The maximum absolute atomic E-state index is 13.2. The molecule has 2 fully saturated rings. The Kier molecular flexibility index (Phi) is 6.43. The van der Waals surface area contributed by atoms with E-state index in [1.165, 1.54) is 12.1 Å². The predicted molar refractivity (Wildman–Crippen MR) is 115 cm³/mol. The summed E-state index contributed by atoms with van der Waals surface area (Å²) in [6.07, 6.45) is 4.39. The van der Waals surface area contributed by atoms with Crippen LogP contribution in [0.2, 0.25) is 0 Å². The van der Waals surface area contributed by atoms with E-state index in [0.717, 1.165) is 25.7 Å². The lowest BCUT2D eigenvalue weighted by atomic mass is 9.94. The molecule has 0 unspecified atom stereocenters. The summed E-state index contributed by atoms with van der Waals surface area (Å²) in [5, 5.41) is 2.98. The Labute approximate surface area is 176 Å². The monoisotopic (exact) mass is 409 g/mol. The van der Waals surface area contributed by atoms with Gasteiger partial charge in [0.15, 0.2) is 0 Å². The average molecular weight is 410 g/mol. The van der Waals surface area contributed by atoms with Crippen molar-refractivity contribution >= 4 is 17.5 Å². The van der Waals surface area contributed by atoms with E-state index in [1.54, 1.807) is 12.1 Å². The summed E-state index contributed by atoms with van der Waals surface area (Å²) in [7, 11) is 0. The van der Waals surface area contributed by atoms with Crippen LogP contribution in [0.1, 0.15) is 36.0 Å². The molecule has 1 aliphatic carbocycles. The molecule has 4 rings (SSSR count). The summed E-state index contributed by atoms with van der Waals surface area (Å²) in [6, 6.07) is 15.0. The zero-order valence-corrected chi connectivity index (χ0v) is 17.1. The van der Waals surface area contributed by atoms with Crippen LogP contribution in [0.5, 0.6) is 0 Å². The van der Waals surface area contributed by atoms with Gasteiger partial charge in [-0.15, -0.1) is 0 Å². The number of piperazine rings is 1. The Morgan fingerprint density at radius 2 is 1.53 bits per heavy atom. The number of amides is 2. The predicted octanol–water partition coefficient (Wildman–Crippen LogP) is 3.78. The molecule has 1 heterocycles. The molecule has 5 nitrogen and oxygen atoms in total. The lowest BCUT2D eigenvalue weighted by molar-refractivity contribution is -0.123. The first-order valence-electron chi connectivity index (χ1n) is 10.8. The molecule has 2 aromatic rings. The molecule has 6 heteroatoms. The molecule has 1 aliphatic heterocycles. The van der Waals surface area contributed by atoms with Crippen molar-refractivity contribution in [1.82, 2.24) is 9.80 Å². The molecule has 1 N–H and O–H groups in total. The molecule has 2 amide bonds. The first kappa shape index (κ1) is 20.5. The number of hydrogen-bond acceptors (Lipinski definition) is 3. The van der Waals surface area contributed by atoms with E-state index in [1.807, 2.05) is 35.2 Å². The fraction of sp³-hybridized carbons (Fsp3) is 0.417. The minimum atomic E-state index is -0.320. The van der Waals surface area contributed by atoms with Gasteiger partial charge in [-0.25, -0.2) is 4.39 Å². The largest absolute Gasteiger partial charge is 0.336 e. The Morgan fingerprint density at radius 3 is 2.17 bits per heavy atom. The Morgan fingerprint density at radius 1 is 0.900 bits per heavy atom. The molecular weight excluding hydrogens is 381 g/mol. The van der Waals surface area contributed by atoms with E-state index in [-0.39, 0.29) is 23.7 Å². The lowest BCUT2D eigenvalue weighted by Crippen LogP contribution is -2.56. The molecule has 30 heavy (non-hydrogen) atoms. The summed E-state index contributed by atoms with van der Waals surface area (Å²) in [5.41, 5.74) is 1.31.